The van der Waals surface area contributed by atoms with Gasteiger partial charge < -0.3 is 10.1 Å². The lowest BCUT2D eigenvalue weighted by Gasteiger charge is -2.49. The number of alkyl halides is 4. The van der Waals surface area contributed by atoms with Gasteiger partial charge in [-0.05, 0) is 17.0 Å². The summed E-state index contributed by atoms with van der Waals surface area (Å²) < 4.78 is 3.90. The van der Waals surface area contributed by atoms with Crippen molar-refractivity contribution < 1.29 is 19.1 Å². The molecule has 1 fully saturated rings. The van der Waals surface area contributed by atoms with Gasteiger partial charge in [0, 0.05) is 15.1 Å². The molecule has 0 bridgehead atoms. The van der Waals surface area contributed by atoms with E-state index in [9.17, 15) is 14.4 Å². The molecule has 2 amide bonds. The monoisotopic (exact) mass is 594 g/mol. The lowest BCUT2D eigenvalue weighted by Crippen LogP contribution is -2.70. The van der Waals surface area contributed by atoms with Crippen LogP contribution in [0.4, 0.5) is 0 Å². The largest absolute Gasteiger partial charge is 0.456 e. The Morgan fingerprint density at radius 1 is 1.39 bits per heavy atom. The molecule has 2 aliphatic rings. The zero-order chi connectivity index (χ0) is 20.5. The van der Waals surface area contributed by atoms with Crippen LogP contribution in [0.2, 0.25) is 0 Å². The van der Waals surface area contributed by atoms with Crippen LogP contribution in [0.1, 0.15) is 4.88 Å². The summed E-state index contributed by atoms with van der Waals surface area (Å²) in [5.74, 6) is -0.739. The van der Waals surface area contributed by atoms with E-state index in [1.54, 1.807) is 0 Å². The molecule has 0 unspecified atom stereocenters. The van der Waals surface area contributed by atoms with E-state index in [1.807, 2.05) is 17.5 Å². The van der Waals surface area contributed by atoms with Gasteiger partial charge in [0.05, 0.1) is 6.42 Å². The lowest BCUT2D eigenvalue weighted by atomic mass is 10.0. The number of hydrogen-bond donors (Lipinski definition) is 1. The summed E-state index contributed by atoms with van der Waals surface area (Å²) in [7, 11) is 0. The number of β-lactam (4-membered cyclic amide) rings is 1. The molecule has 0 aromatic carbocycles. The van der Waals surface area contributed by atoms with Crippen LogP contribution in [0.5, 0.6) is 0 Å². The molecule has 6 nitrogen and oxygen atoms in total. The topological polar surface area (TPSA) is 75.7 Å². The van der Waals surface area contributed by atoms with Gasteiger partial charge in [-0.15, -0.1) is 23.1 Å². The maximum absolute atomic E-state index is 12.7. The number of thioether (sulfide) groups is 1. The molecule has 0 saturated carbocycles. The van der Waals surface area contributed by atoms with Crippen molar-refractivity contribution in [3.8, 4) is 0 Å². The van der Waals surface area contributed by atoms with Crippen molar-refractivity contribution in [2.24, 2.45) is 0 Å². The normalized spacial score (nSPS) is 21.9. The number of carbonyl (C=O) groups excluding carboxylic acids is 3. The minimum atomic E-state index is -1.74. The van der Waals surface area contributed by atoms with Gasteiger partial charge >= 0.3 is 5.97 Å². The number of hydrogen-bond acceptors (Lipinski definition) is 6. The summed E-state index contributed by atoms with van der Waals surface area (Å²) in [5.41, 5.74) is 0.953. The molecule has 152 valence electrons. The highest BCUT2D eigenvalue weighted by atomic mass is 127. The molecular weight excluding hydrogens is 582 g/mol. The third-order valence-electron chi connectivity index (χ3n) is 4.00. The molecule has 3 heterocycles. The minimum absolute atomic E-state index is 0.182. The number of fused-ring (bicyclic) bond motifs is 1. The van der Waals surface area contributed by atoms with Gasteiger partial charge in [-0.3, -0.25) is 14.5 Å². The molecule has 28 heavy (non-hydrogen) atoms. The Balaban J connectivity index is 1.68. The van der Waals surface area contributed by atoms with Gasteiger partial charge in [0.15, 0.2) is 0 Å². The molecule has 12 heteroatoms. The number of carbonyl (C=O) groups is 3. The first-order valence-electron chi connectivity index (χ1n) is 7.99. The summed E-state index contributed by atoms with van der Waals surface area (Å²) in [6.07, 6.45) is 0.214. The number of nitrogens with one attached hydrogen (secondary N) is 1. The second-order valence-corrected chi connectivity index (χ2v) is 11.4. The van der Waals surface area contributed by atoms with Gasteiger partial charge in [0.1, 0.15) is 23.7 Å². The lowest BCUT2D eigenvalue weighted by molar-refractivity contribution is -0.152. The molecule has 0 spiro atoms. The molecule has 1 N–H and O–H groups in total. The Hall–Kier alpha value is -0.200. The summed E-state index contributed by atoms with van der Waals surface area (Å²) in [6, 6.07) is 3.05. The molecule has 0 aliphatic carbocycles. The average Bonchev–Trinajstić information content (AvgIpc) is 3.15. The quantitative estimate of drug-likeness (QED) is 0.237. The molecule has 1 aromatic heterocycles. The van der Waals surface area contributed by atoms with Crippen LogP contribution >= 0.6 is 80.5 Å². The first-order valence-corrected chi connectivity index (χ1v) is 12.6. The summed E-state index contributed by atoms with van der Waals surface area (Å²) in [5, 5.41) is 4.30. The summed E-state index contributed by atoms with van der Waals surface area (Å²) in [4.78, 5) is 39.8. The van der Waals surface area contributed by atoms with E-state index in [4.69, 9.17) is 39.5 Å². The third kappa shape index (κ3) is 5.10. The molecular formula is C16H14Cl3IN2O4S2. The van der Waals surface area contributed by atoms with E-state index in [-0.39, 0.29) is 29.3 Å². The highest BCUT2D eigenvalue weighted by Gasteiger charge is 2.54. The Labute approximate surface area is 198 Å². The summed E-state index contributed by atoms with van der Waals surface area (Å²) >= 11 is 22.0. The number of esters is 1. The Bertz CT molecular complexity index is 813. The first kappa shape index (κ1) is 22.5. The van der Waals surface area contributed by atoms with Gasteiger partial charge in [-0.2, -0.15) is 0 Å². The van der Waals surface area contributed by atoms with E-state index in [1.165, 1.54) is 28.0 Å². The second kappa shape index (κ2) is 9.30. The van der Waals surface area contributed by atoms with Crippen molar-refractivity contribution in [2.75, 3.05) is 16.8 Å². The predicted octanol–water partition coefficient (Wildman–Crippen LogP) is 3.29. The van der Waals surface area contributed by atoms with E-state index in [0.717, 1.165) is 10.5 Å². The Kier molecular flexibility index (Phi) is 7.47. The number of ether oxygens (including phenoxy) is 1. The predicted molar refractivity (Wildman–Crippen MR) is 120 cm³/mol. The molecule has 2 atom stereocenters. The minimum Gasteiger partial charge on any atom is -0.456 e. The van der Waals surface area contributed by atoms with Crippen molar-refractivity contribution in [1.82, 2.24) is 10.2 Å². The highest BCUT2D eigenvalue weighted by molar-refractivity contribution is 14.1. The van der Waals surface area contributed by atoms with Crippen LogP contribution in [0, 0.1) is 0 Å². The molecule has 1 aromatic rings. The van der Waals surface area contributed by atoms with E-state index >= 15 is 0 Å². The summed E-state index contributed by atoms with van der Waals surface area (Å²) in [6.45, 7) is -0.421. The van der Waals surface area contributed by atoms with Gasteiger partial charge in [0.2, 0.25) is 9.70 Å². The maximum atomic E-state index is 12.7. The van der Waals surface area contributed by atoms with Crippen LogP contribution in [0.3, 0.4) is 0 Å². The van der Waals surface area contributed by atoms with Crippen molar-refractivity contribution in [1.29, 1.82) is 0 Å². The fourth-order valence-electron chi connectivity index (χ4n) is 2.79. The van der Waals surface area contributed by atoms with Crippen LogP contribution in [0.15, 0.2) is 28.8 Å². The number of halogens is 4. The van der Waals surface area contributed by atoms with Gasteiger partial charge in [-0.25, -0.2) is 4.79 Å². The average molecular weight is 596 g/mol. The smallest absolute Gasteiger partial charge is 0.355 e. The highest BCUT2D eigenvalue weighted by Crippen LogP contribution is 2.41. The van der Waals surface area contributed by atoms with Crippen molar-refractivity contribution in [3.05, 3.63) is 33.7 Å². The molecule has 0 radical (unpaired) electrons. The Morgan fingerprint density at radius 2 is 2.14 bits per heavy atom. The zero-order valence-corrected chi connectivity index (χ0v) is 20.2. The zero-order valence-electron chi connectivity index (χ0n) is 14.1. The Morgan fingerprint density at radius 3 is 2.75 bits per heavy atom. The SMILES string of the molecule is O=C(Cc1cccs1)N[C@@H]1C(=O)N2C(C(=O)OCC(Cl)(Cl)Cl)=C(CI)CS[C@@H]12. The van der Waals surface area contributed by atoms with Crippen molar-refractivity contribution in [2.45, 2.75) is 21.6 Å². The number of nitrogens with zero attached hydrogens (tertiary/aromatic N) is 1. The van der Waals surface area contributed by atoms with Crippen LogP contribution in [-0.4, -0.2) is 54.7 Å². The third-order valence-corrected chi connectivity index (χ3v) is 7.46. The number of rotatable bonds is 6. The molecule has 1 saturated heterocycles. The second-order valence-electron chi connectivity index (χ2n) is 5.99. The van der Waals surface area contributed by atoms with Crippen LogP contribution < -0.4 is 5.32 Å². The van der Waals surface area contributed by atoms with E-state index in [2.05, 4.69) is 27.9 Å². The fraction of sp³-hybridized carbons (Fsp3) is 0.438. The van der Waals surface area contributed by atoms with Gasteiger partial charge in [0.25, 0.3) is 5.91 Å². The molecule has 3 rings (SSSR count). The van der Waals surface area contributed by atoms with Crippen molar-refractivity contribution >= 4 is 98.3 Å². The van der Waals surface area contributed by atoms with E-state index < -0.39 is 22.4 Å². The fourth-order valence-corrected chi connectivity index (χ4v) is 6.00. The van der Waals surface area contributed by atoms with Crippen LogP contribution in [-0.2, 0) is 25.5 Å². The number of thiophene rings is 1. The first-order chi connectivity index (χ1) is 13.2. The number of amides is 2. The maximum Gasteiger partial charge on any atom is 0.355 e. The van der Waals surface area contributed by atoms with E-state index in [0.29, 0.717) is 10.2 Å². The van der Waals surface area contributed by atoms with Crippen molar-refractivity contribution in [3.63, 3.8) is 0 Å². The molecule has 2 aliphatic heterocycles. The standard InChI is InChI=1S/C16H14Cl3IN2O4S2/c17-16(18,19)7-26-15(25)12-8(5-20)6-28-14-11(13(24)22(12)14)21-10(23)4-9-2-1-3-27-9/h1-3,11,14H,4-7H2,(H,21,23)/t11-,14+/m1/s1. The van der Waals surface area contributed by atoms with Gasteiger partial charge in [-0.1, -0.05) is 63.5 Å². The van der Waals surface area contributed by atoms with Crippen LogP contribution in [0.25, 0.3) is 0 Å².